The van der Waals surface area contributed by atoms with Crippen molar-refractivity contribution in [2.75, 3.05) is 0 Å². The van der Waals surface area contributed by atoms with Gasteiger partial charge >= 0.3 is 0 Å². The van der Waals surface area contributed by atoms with Crippen LogP contribution in [-0.2, 0) is 0 Å². The van der Waals surface area contributed by atoms with Crippen LogP contribution < -0.4 is 0 Å². The van der Waals surface area contributed by atoms with Crippen molar-refractivity contribution in [3.05, 3.63) is 83.7 Å². The Labute approximate surface area is 125 Å². The number of phenols is 1. The minimum absolute atomic E-state index is 0.263. The van der Waals surface area contributed by atoms with Crippen LogP contribution in [0, 0.1) is 6.92 Å². The van der Waals surface area contributed by atoms with Gasteiger partial charge in [0.15, 0.2) is 0 Å². The summed E-state index contributed by atoms with van der Waals surface area (Å²) in [6, 6.07) is 22.2. The summed E-state index contributed by atoms with van der Waals surface area (Å²) in [5, 5.41) is 9.44. The van der Waals surface area contributed by atoms with E-state index in [0.717, 1.165) is 0 Å². The van der Waals surface area contributed by atoms with Gasteiger partial charge in [-0.2, -0.15) is 0 Å². The van der Waals surface area contributed by atoms with Crippen molar-refractivity contribution in [2.45, 2.75) is 19.8 Å². The molecule has 1 N–H and O–H groups in total. The van der Waals surface area contributed by atoms with E-state index in [2.05, 4.69) is 54.8 Å². The smallest absolute Gasteiger partial charge is 0.115 e. The first-order valence-electron chi connectivity index (χ1n) is 7.19. The lowest BCUT2D eigenvalue weighted by molar-refractivity contribution is 0.475. The minimum Gasteiger partial charge on any atom is -0.508 e. The van der Waals surface area contributed by atoms with Gasteiger partial charge in [0.2, 0.25) is 0 Å². The molecule has 0 radical (unpaired) electrons. The van der Waals surface area contributed by atoms with Crippen LogP contribution in [0.4, 0.5) is 0 Å². The Kier molecular flexibility index (Phi) is 3.53. The highest BCUT2D eigenvalue weighted by Crippen LogP contribution is 2.29. The highest BCUT2D eigenvalue weighted by Gasteiger charge is 2.15. The predicted molar refractivity (Wildman–Crippen MR) is 86.1 cm³/mol. The summed E-state index contributed by atoms with van der Waals surface area (Å²) in [7, 11) is 0. The summed E-state index contributed by atoms with van der Waals surface area (Å²) < 4.78 is 2.29. The van der Waals surface area contributed by atoms with E-state index >= 15 is 0 Å². The highest BCUT2D eigenvalue weighted by molar-refractivity contribution is 5.41. The number of para-hydroxylation sites is 1. The topological polar surface area (TPSA) is 25.2 Å². The number of hydrogen-bond donors (Lipinski definition) is 1. The molecule has 1 atom stereocenters. The summed E-state index contributed by atoms with van der Waals surface area (Å²) in [6.07, 6.45) is 0. The lowest BCUT2D eigenvalue weighted by Gasteiger charge is -2.18. The molecule has 2 heteroatoms. The molecule has 3 rings (SSSR count). The van der Waals surface area contributed by atoms with Crippen LogP contribution >= 0.6 is 0 Å². The lowest BCUT2D eigenvalue weighted by atomic mass is 9.97. The van der Waals surface area contributed by atoms with Crippen LogP contribution in [0.15, 0.2) is 66.7 Å². The normalized spacial score (nSPS) is 12.3. The fraction of sp³-hybridized carbons (Fsp3) is 0.158. The molecule has 0 amide bonds. The SMILES string of the molecule is Cc1ccc(C(C)c2ccc(O)cc2)n1-c1ccccc1. The number of phenolic OH excluding ortho intramolecular Hbond substituents is 1. The summed E-state index contributed by atoms with van der Waals surface area (Å²) >= 11 is 0. The van der Waals surface area contributed by atoms with Gasteiger partial charge in [0.05, 0.1) is 0 Å². The molecule has 0 fully saturated rings. The molecule has 1 aromatic heterocycles. The van der Waals surface area contributed by atoms with Gasteiger partial charge in [-0.3, -0.25) is 0 Å². The fourth-order valence-corrected chi connectivity index (χ4v) is 2.76. The molecule has 106 valence electrons. The van der Waals surface area contributed by atoms with Crippen molar-refractivity contribution in [1.29, 1.82) is 0 Å². The van der Waals surface area contributed by atoms with Gasteiger partial charge in [-0.05, 0) is 48.9 Å². The molecule has 0 saturated carbocycles. The Hall–Kier alpha value is -2.48. The number of hydrogen-bond acceptors (Lipinski definition) is 1. The van der Waals surface area contributed by atoms with E-state index in [1.54, 1.807) is 12.1 Å². The molecule has 21 heavy (non-hydrogen) atoms. The van der Waals surface area contributed by atoms with Gasteiger partial charge in [-0.1, -0.05) is 37.3 Å². The van der Waals surface area contributed by atoms with Crippen molar-refractivity contribution in [2.24, 2.45) is 0 Å². The molecular formula is C19H19NO. The van der Waals surface area contributed by atoms with Crippen LogP contribution in [0.1, 0.15) is 29.8 Å². The fourth-order valence-electron chi connectivity index (χ4n) is 2.76. The van der Waals surface area contributed by atoms with Crippen LogP contribution in [0.25, 0.3) is 5.69 Å². The number of benzene rings is 2. The van der Waals surface area contributed by atoms with Gasteiger partial charge in [0, 0.05) is 23.0 Å². The Bertz CT molecular complexity index is 726. The molecule has 0 aliphatic heterocycles. The third-order valence-electron chi connectivity index (χ3n) is 3.96. The average molecular weight is 277 g/mol. The molecular weight excluding hydrogens is 258 g/mol. The third-order valence-corrected chi connectivity index (χ3v) is 3.96. The van der Waals surface area contributed by atoms with Gasteiger partial charge in [0.25, 0.3) is 0 Å². The first-order valence-corrected chi connectivity index (χ1v) is 7.19. The summed E-state index contributed by atoms with van der Waals surface area (Å²) in [5.74, 6) is 0.570. The standard InChI is InChI=1S/C19H19NO/c1-14-8-13-19(20(14)17-6-4-3-5-7-17)15(2)16-9-11-18(21)12-10-16/h3-13,15,21H,1-2H3. The van der Waals surface area contributed by atoms with E-state index in [-0.39, 0.29) is 5.92 Å². The van der Waals surface area contributed by atoms with E-state index in [1.807, 2.05) is 18.2 Å². The van der Waals surface area contributed by atoms with Crippen molar-refractivity contribution in [1.82, 2.24) is 4.57 Å². The first kappa shape index (κ1) is 13.5. The zero-order valence-corrected chi connectivity index (χ0v) is 12.3. The number of aryl methyl sites for hydroxylation is 1. The highest BCUT2D eigenvalue weighted by atomic mass is 16.3. The van der Waals surface area contributed by atoms with Crippen molar-refractivity contribution < 1.29 is 5.11 Å². The molecule has 0 aliphatic carbocycles. The molecule has 2 aromatic carbocycles. The number of nitrogens with zero attached hydrogens (tertiary/aromatic N) is 1. The van der Waals surface area contributed by atoms with Crippen molar-refractivity contribution >= 4 is 0 Å². The minimum atomic E-state index is 0.263. The molecule has 1 unspecified atom stereocenters. The zero-order valence-electron chi connectivity index (χ0n) is 12.3. The van der Waals surface area contributed by atoms with Crippen LogP contribution in [0.2, 0.25) is 0 Å². The maximum absolute atomic E-state index is 9.44. The summed E-state index contributed by atoms with van der Waals surface area (Å²) in [6.45, 7) is 4.32. The van der Waals surface area contributed by atoms with E-state index < -0.39 is 0 Å². The van der Waals surface area contributed by atoms with Crippen molar-refractivity contribution in [3.8, 4) is 11.4 Å². The first-order chi connectivity index (χ1) is 10.2. The van der Waals surface area contributed by atoms with Gasteiger partial charge < -0.3 is 9.67 Å². The summed E-state index contributed by atoms with van der Waals surface area (Å²) in [5.41, 5.74) is 4.86. The second-order valence-corrected chi connectivity index (χ2v) is 5.38. The molecule has 0 bridgehead atoms. The quantitative estimate of drug-likeness (QED) is 0.741. The number of aromatic nitrogens is 1. The van der Waals surface area contributed by atoms with E-state index in [0.29, 0.717) is 5.75 Å². The molecule has 3 aromatic rings. The second-order valence-electron chi connectivity index (χ2n) is 5.38. The van der Waals surface area contributed by atoms with Crippen molar-refractivity contribution in [3.63, 3.8) is 0 Å². The molecule has 2 nitrogen and oxygen atoms in total. The lowest BCUT2D eigenvalue weighted by Crippen LogP contribution is -2.06. The molecule has 0 spiro atoms. The average Bonchev–Trinajstić information content (AvgIpc) is 2.90. The molecule has 0 aliphatic rings. The Morgan fingerprint density at radius 3 is 2.19 bits per heavy atom. The van der Waals surface area contributed by atoms with Crippen LogP contribution in [0.3, 0.4) is 0 Å². The monoisotopic (exact) mass is 277 g/mol. The Morgan fingerprint density at radius 1 is 0.857 bits per heavy atom. The number of aromatic hydroxyl groups is 1. The maximum atomic E-state index is 9.44. The molecule has 1 heterocycles. The van der Waals surface area contributed by atoms with Gasteiger partial charge in [-0.25, -0.2) is 0 Å². The van der Waals surface area contributed by atoms with E-state index in [1.165, 1.54) is 22.6 Å². The largest absolute Gasteiger partial charge is 0.508 e. The van der Waals surface area contributed by atoms with E-state index in [4.69, 9.17) is 0 Å². The zero-order chi connectivity index (χ0) is 14.8. The van der Waals surface area contributed by atoms with Gasteiger partial charge in [-0.15, -0.1) is 0 Å². The third kappa shape index (κ3) is 2.57. The molecule has 0 saturated heterocycles. The second kappa shape index (κ2) is 5.49. The maximum Gasteiger partial charge on any atom is 0.115 e. The van der Waals surface area contributed by atoms with E-state index in [9.17, 15) is 5.11 Å². The Balaban J connectivity index is 2.05. The number of rotatable bonds is 3. The van der Waals surface area contributed by atoms with Crippen LogP contribution in [-0.4, -0.2) is 9.67 Å². The van der Waals surface area contributed by atoms with Gasteiger partial charge in [0.1, 0.15) is 5.75 Å². The van der Waals surface area contributed by atoms with Crippen LogP contribution in [0.5, 0.6) is 5.75 Å². The Morgan fingerprint density at radius 2 is 1.52 bits per heavy atom. The summed E-state index contributed by atoms with van der Waals surface area (Å²) in [4.78, 5) is 0. The predicted octanol–water partition coefficient (Wildman–Crippen LogP) is 4.64.